The highest BCUT2D eigenvalue weighted by molar-refractivity contribution is 5.13. The first-order valence-corrected chi connectivity index (χ1v) is 5.16. The van der Waals surface area contributed by atoms with Crippen molar-refractivity contribution in [3.05, 3.63) is 35.9 Å². The topological polar surface area (TPSA) is 29.5 Å². The van der Waals surface area contributed by atoms with E-state index in [2.05, 4.69) is 0 Å². The molecule has 1 N–H and O–H groups in total. The lowest BCUT2D eigenvalue weighted by atomic mass is 10.2. The average Bonchev–Trinajstić information content (AvgIpc) is 3.02. The Labute approximate surface area is 84.5 Å². The van der Waals surface area contributed by atoms with Crippen molar-refractivity contribution in [3.8, 4) is 0 Å². The Balaban J connectivity index is 1.67. The van der Waals surface area contributed by atoms with E-state index < -0.39 is 0 Å². The fourth-order valence-corrected chi connectivity index (χ4v) is 1.49. The molecule has 0 aromatic heterocycles. The number of rotatable bonds is 5. The van der Waals surface area contributed by atoms with Gasteiger partial charge in [-0.05, 0) is 24.3 Å². The van der Waals surface area contributed by atoms with E-state index in [1.165, 1.54) is 0 Å². The molecule has 76 valence electrons. The van der Waals surface area contributed by atoms with Gasteiger partial charge in [0, 0.05) is 0 Å². The minimum Gasteiger partial charge on any atom is -0.390 e. The highest BCUT2D eigenvalue weighted by atomic mass is 16.5. The summed E-state index contributed by atoms with van der Waals surface area (Å²) in [6.45, 7) is 1.07. The molecule has 0 aliphatic heterocycles. The Hall–Kier alpha value is -0.860. The third-order valence-corrected chi connectivity index (χ3v) is 2.57. The normalized spacial score (nSPS) is 18.1. The maximum absolute atomic E-state index is 9.54. The molecule has 2 heteroatoms. The number of hydrogen-bond acceptors (Lipinski definition) is 2. The minimum absolute atomic E-state index is 0.251. The van der Waals surface area contributed by atoms with Crippen LogP contribution < -0.4 is 0 Å². The third-order valence-electron chi connectivity index (χ3n) is 2.57. The van der Waals surface area contributed by atoms with Crippen LogP contribution in [0.5, 0.6) is 0 Å². The van der Waals surface area contributed by atoms with Crippen molar-refractivity contribution >= 4 is 0 Å². The molecule has 0 radical (unpaired) electrons. The van der Waals surface area contributed by atoms with Crippen LogP contribution in [0.15, 0.2) is 30.3 Å². The van der Waals surface area contributed by atoms with Crippen LogP contribution in [0.3, 0.4) is 0 Å². The Kier molecular flexibility index (Phi) is 3.17. The van der Waals surface area contributed by atoms with E-state index in [9.17, 15) is 5.11 Å². The van der Waals surface area contributed by atoms with Crippen molar-refractivity contribution in [2.45, 2.75) is 25.6 Å². The molecule has 0 unspecified atom stereocenters. The lowest BCUT2D eigenvalue weighted by Gasteiger charge is -2.09. The molecule has 0 amide bonds. The van der Waals surface area contributed by atoms with Crippen molar-refractivity contribution in [1.29, 1.82) is 0 Å². The van der Waals surface area contributed by atoms with E-state index in [0.717, 1.165) is 18.4 Å². The van der Waals surface area contributed by atoms with Crippen LogP contribution in [-0.2, 0) is 11.3 Å². The zero-order valence-corrected chi connectivity index (χ0v) is 8.23. The van der Waals surface area contributed by atoms with E-state index in [4.69, 9.17) is 4.74 Å². The van der Waals surface area contributed by atoms with E-state index in [-0.39, 0.29) is 6.10 Å². The van der Waals surface area contributed by atoms with Crippen molar-refractivity contribution in [2.75, 3.05) is 6.61 Å². The number of aliphatic hydroxyl groups is 1. The molecule has 1 saturated carbocycles. The molecule has 0 spiro atoms. The fourth-order valence-electron chi connectivity index (χ4n) is 1.49. The van der Waals surface area contributed by atoms with E-state index in [0.29, 0.717) is 19.1 Å². The average molecular weight is 192 g/mol. The first-order valence-electron chi connectivity index (χ1n) is 5.16. The highest BCUT2D eigenvalue weighted by Crippen LogP contribution is 2.32. The van der Waals surface area contributed by atoms with Gasteiger partial charge in [-0.2, -0.15) is 0 Å². The lowest BCUT2D eigenvalue weighted by molar-refractivity contribution is 0.0178. The Bertz CT molecular complexity index is 267. The van der Waals surface area contributed by atoms with Gasteiger partial charge in [0.05, 0.1) is 19.3 Å². The van der Waals surface area contributed by atoms with Crippen molar-refractivity contribution in [2.24, 2.45) is 5.92 Å². The summed E-state index contributed by atoms with van der Waals surface area (Å²) < 4.78 is 5.43. The zero-order valence-electron chi connectivity index (χ0n) is 8.23. The second-order valence-electron chi connectivity index (χ2n) is 3.91. The first kappa shape index (κ1) is 9.69. The Morgan fingerprint density at radius 2 is 2.00 bits per heavy atom. The monoisotopic (exact) mass is 192 g/mol. The predicted molar refractivity (Wildman–Crippen MR) is 54.8 cm³/mol. The van der Waals surface area contributed by atoms with E-state index >= 15 is 0 Å². The van der Waals surface area contributed by atoms with Gasteiger partial charge in [-0.25, -0.2) is 0 Å². The van der Waals surface area contributed by atoms with Gasteiger partial charge in [0.15, 0.2) is 0 Å². The molecule has 2 nitrogen and oxygen atoms in total. The van der Waals surface area contributed by atoms with Crippen LogP contribution in [0.25, 0.3) is 0 Å². The van der Waals surface area contributed by atoms with E-state index in [1.54, 1.807) is 0 Å². The molecular formula is C12H16O2. The second-order valence-corrected chi connectivity index (χ2v) is 3.91. The van der Waals surface area contributed by atoms with Crippen LogP contribution in [-0.4, -0.2) is 17.8 Å². The summed E-state index contributed by atoms with van der Waals surface area (Å²) in [6, 6.07) is 10.0. The first-order chi connectivity index (χ1) is 6.86. The SMILES string of the molecule is O[C@@H](COCc1ccccc1)C1CC1. The number of aliphatic hydroxyl groups excluding tert-OH is 1. The van der Waals surface area contributed by atoms with Gasteiger partial charge < -0.3 is 9.84 Å². The van der Waals surface area contributed by atoms with Crippen LogP contribution in [0, 0.1) is 5.92 Å². The molecule has 1 aliphatic rings. The smallest absolute Gasteiger partial charge is 0.0801 e. The van der Waals surface area contributed by atoms with Crippen LogP contribution in [0.4, 0.5) is 0 Å². The molecule has 1 fully saturated rings. The molecule has 2 rings (SSSR count). The molecule has 1 atom stereocenters. The largest absolute Gasteiger partial charge is 0.390 e. The maximum Gasteiger partial charge on any atom is 0.0801 e. The van der Waals surface area contributed by atoms with Crippen molar-refractivity contribution in [1.82, 2.24) is 0 Å². The van der Waals surface area contributed by atoms with Crippen molar-refractivity contribution in [3.63, 3.8) is 0 Å². The van der Waals surface area contributed by atoms with E-state index in [1.807, 2.05) is 30.3 Å². The van der Waals surface area contributed by atoms with Crippen LogP contribution in [0.2, 0.25) is 0 Å². The van der Waals surface area contributed by atoms with Gasteiger partial charge in [0.2, 0.25) is 0 Å². The summed E-state index contributed by atoms with van der Waals surface area (Å²) in [5, 5.41) is 9.54. The molecular weight excluding hydrogens is 176 g/mol. The summed E-state index contributed by atoms with van der Waals surface area (Å²) in [5.41, 5.74) is 1.16. The number of hydrogen-bond donors (Lipinski definition) is 1. The van der Waals surface area contributed by atoms with Crippen molar-refractivity contribution < 1.29 is 9.84 Å². The molecule has 1 aromatic rings. The maximum atomic E-state index is 9.54. The standard InChI is InChI=1S/C12H16O2/c13-12(11-6-7-11)9-14-8-10-4-2-1-3-5-10/h1-5,11-13H,6-9H2/t12-/m0/s1. The summed E-state index contributed by atoms with van der Waals surface area (Å²) in [6.07, 6.45) is 2.07. The quantitative estimate of drug-likeness (QED) is 0.773. The van der Waals surface area contributed by atoms with Gasteiger partial charge in [0.25, 0.3) is 0 Å². The van der Waals surface area contributed by atoms with Gasteiger partial charge in [-0.3, -0.25) is 0 Å². The van der Waals surface area contributed by atoms with Crippen LogP contribution >= 0.6 is 0 Å². The van der Waals surface area contributed by atoms with Gasteiger partial charge in [-0.1, -0.05) is 30.3 Å². The minimum atomic E-state index is -0.251. The summed E-state index contributed by atoms with van der Waals surface area (Å²) in [5.74, 6) is 0.505. The van der Waals surface area contributed by atoms with Crippen LogP contribution in [0.1, 0.15) is 18.4 Å². The summed E-state index contributed by atoms with van der Waals surface area (Å²) >= 11 is 0. The Morgan fingerprint density at radius 1 is 1.29 bits per heavy atom. The molecule has 0 heterocycles. The molecule has 1 aromatic carbocycles. The fraction of sp³-hybridized carbons (Fsp3) is 0.500. The Morgan fingerprint density at radius 3 is 2.64 bits per heavy atom. The highest BCUT2D eigenvalue weighted by Gasteiger charge is 2.29. The second kappa shape index (κ2) is 4.58. The molecule has 14 heavy (non-hydrogen) atoms. The zero-order chi connectivity index (χ0) is 9.80. The number of benzene rings is 1. The summed E-state index contributed by atoms with van der Waals surface area (Å²) in [4.78, 5) is 0. The van der Waals surface area contributed by atoms with Gasteiger partial charge >= 0.3 is 0 Å². The lowest BCUT2D eigenvalue weighted by Crippen LogP contribution is -2.17. The number of ether oxygens (including phenoxy) is 1. The molecule has 0 saturated heterocycles. The molecule has 1 aliphatic carbocycles. The van der Waals surface area contributed by atoms with Gasteiger partial charge in [0.1, 0.15) is 0 Å². The predicted octanol–water partition coefficient (Wildman–Crippen LogP) is 1.97. The third kappa shape index (κ3) is 2.82. The molecule has 0 bridgehead atoms. The summed E-state index contributed by atoms with van der Waals surface area (Å²) in [7, 11) is 0. The van der Waals surface area contributed by atoms with Gasteiger partial charge in [-0.15, -0.1) is 0 Å².